The number of nitrogens with one attached hydrogen (secondary N) is 1. The number of hydrogen-bond acceptors (Lipinski definition) is 5. The van der Waals surface area contributed by atoms with E-state index in [4.69, 9.17) is 4.74 Å². The molecule has 1 aromatic heterocycles. The number of anilines is 4. The molecule has 0 amide bonds. The van der Waals surface area contributed by atoms with Gasteiger partial charge in [-0.3, -0.25) is 0 Å². The van der Waals surface area contributed by atoms with Crippen LogP contribution in [0.3, 0.4) is 0 Å². The number of para-hydroxylation sites is 2. The van der Waals surface area contributed by atoms with Gasteiger partial charge in [0.05, 0.1) is 12.8 Å². The maximum Gasteiger partial charge on any atom is 0.142 e. The molecule has 2 aromatic carbocycles. The minimum absolute atomic E-state index is 0.714. The molecule has 26 heavy (non-hydrogen) atoms. The summed E-state index contributed by atoms with van der Waals surface area (Å²) in [6.45, 7) is 6.93. The normalized spacial score (nSPS) is 10.5. The number of aromatic nitrogens is 2. The minimum atomic E-state index is 0.714. The van der Waals surface area contributed by atoms with Crippen molar-refractivity contribution >= 4 is 23.0 Å². The average molecular weight is 348 g/mol. The first-order valence-corrected chi connectivity index (χ1v) is 8.70. The van der Waals surface area contributed by atoms with Crippen LogP contribution in [0.1, 0.15) is 18.3 Å². The molecule has 134 valence electrons. The fraction of sp³-hybridized carbons (Fsp3) is 0.238. The van der Waals surface area contributed by atoms with Crippen molar-refractivity contribution in [2.75, 3.05) is 23.9 Å². The Morgan fingerprint density at radius 1 is 1.00 bits per heavy atom. The zero-order valence-corrected chi connectivity index (χ0v) is 15.7. The lowest BCUT2D eigenvalue weighted by atomic mass is 10.2. The summed E-state index contributed by atoms with van der Waals surface area (Å²) in [5.74, 6) is 3.09. The Hall–Kier alpha value is -3.08. The molecular weight excluding hydrogens is 324 g/mol. The SMILES string of the molecule is CCN(c1cccc(C)c1)c1cc(Nc2ccccc2OC)nc(C)n1. The van der Waals surface area contributed by atoms with Gasteiger partial charge in [0.2, 0.25) is 0 Å². The molecule has 3 aromatic rings. The predicted octanol–water partition coefficient (Wildman–Crippen LogP) is 5.00. The van der Waals surface area contributed by atoms with Crippen LogP contribution in [-0.2, 0) is 0 Å². The van der Waals surface area contributed by atoms with E-state index in [1.54, 1.807) is 7.11 Å². The van der Waals surface area contributed by atoms with E-state index in [0.29, 0.717) is 5.82 Å². The molecule has 0 spiro atoms. The van der Waals surface area contributed by atoms with Gasteiger partial charge < -0.3 is 15.0 Å². The van der Waals surface area contributed by atoms with Crippen LogP contribution >= 0.6 is 0 Å². The van der Waals surface area contributed by atoms with E-state index in [9.17, 15) is 0 Å². The largest absolute Gasteiger partial charge is 0.495 e. The number of benzene rings is 2. The summed E-state index contributed by atoms with van der Waals surface area (Å²) in [6.07, 6.45) is 0. The van der Waals surface area contributed by atoms with Crippen LogP contribution in [0.2, 0.25) is 0 Å². The quantitative estimate of drug-likeness (QED) is 0.679. The molecular formula is C21H24N4O. The van der Waals surface area contributed by atoms with Gasteiger partial charge in [-0.25, -0.2) is 9.97 Å². The van der Waals surface area contributed by atoms with Gasteiger partial charge in [-0.15, -0.1) is 0 Å². The average Bonchev–Trinajstić information content (AvgIpc) is 2.62. The summed E-state index contributed by atoms with van der Waals surface area (Å²) >= 11 is 0. The second kappa shape index (κ2) is 7.87. The van der Waals surface area contributed by atoms with E-state index in [2.05, 4.69) is 58.3 Å². The molecule has 0 aliphatic heterocycles. The third-order valence-corrected chi connectivity index (χ3v) is 4.10. The van der Waals surface area contributed by atoms with Crippen LogP contribution in [0.15, 0.2) is 54.6 Å². The van der Waals surface area contributed by atoms with Crippen molar-refractivity contribution in [3.63, 3.8) is 0 Å². The molecule has 0 saturated carbocycles. The number of ether oxygens (including phenoxy) is 1. The van der Waals surface area contributed by atoms with E-state index in [1.807, 2.05) is 37.3 Å². The molecule has 1 N–H and O–H groups in total. The highest BCUT2D eigenvalue weighted by molar-refractivity contribution is 5.68. The lowest BCUT2D eigenvalue weighted by Crippen LogP contribution is -2.18. The topological polar surface area (TPSA) is 50.3 Å². The fourth-order valence-corrected chi connectivity index (χ4v) is 2.91. The second-order valence-corrected chi connectivity index (χ2v) is 6.07. The third kappa shape index (κ3) is 3.94. The minimum Gasteiger partial charge on any atom is -0.495 e. The van der Waals surface area contributed by atoms with Gasteiger partial charge in [0, 0.05) is 18.3 Å². The highest BCUT2D eigenvalue weighted by Gasteiger charge is 2.12. The van der Waals surface area contributed by atoms with Gasteiger partial charge in [0.1, 0.15) is 23.2 Å². The zero-order chi connectivity index (χ0) is 18.5. The van der Waals surface area contributed by atoms with Crippen LogP contribution in [0.25, 0.3) is 0 Å². The van der Waals surface area contributed by atoms with Crippen LogP contribution in [-0.4, -0.2) is 23.6 Å². The van der Waals surface area contributed by atoms with E-state index >= 15 is 0 Å². The first kappa shape index (κ1) is 17.7. The van der Waals surface area contributed by atoms with Gasteiger partial charge in [-0.1, -0.05) is 24.3 Å². The summed E-state index contributed by atoms with van der Waals surface area (Å²) in [6, 6.07) is 18.2. The Balaban J connectivity index is 1.96. The summed E-state index contributed by atoms with van der Waals surface area (Å²) in [4.78, 5) is 11.3. The lowest BCUT2D eigenvalue weighted by Gasteiger charge is -2.23. The van der Waals surface area contributed by atoms with Gasteiger partial charge in [-0.05, 0) is 50.6 Å². The Morgan fingerprint density at radius 2 is 1.81 bits per heavy atom. The molecule has 5 nitrogen and oxygen atoms in total. The number of rotatable bonds is 6. The summed E-state index contributed by atoms with van der Waals surface area (Å²) in [5, 5.41) is 3.34. The third-order valence-electron chi connectivity index (χ3n) is 4.10. The van der Waals surface area contributed by atoms with Crippen molar-refractivity contribution in [3.8, 4) is 5.75 Å². The van der Waals surface area contributed by atoms with E-state index in [-0.39, 0.29) is 0 Å². The Labute approximate surface area is 154 Å². The molecule has 0 aliphatic rings. The second-order valence-electron chi connectivity index (χ2n) is 6.07. The standard InChI is InChI=1S/C21H24N4O/c1-5-25(17-10-8-9-15(2)13-17)21-14-20(22-16(3)23-21)24-18-11-6-7-12-19(18)26-4/h6-14H,5H2,1-4H3,(H,22,23,24). The molecule has 0 radical (unpaired) electrons. The maximum absolute atomic E-state index is 5.41. The number of hydrogen-bond donors (Lipinski definition) is 1. The summed E-state index contributed by atoms with van der Waals surface area (Å²) in [5.41, 5.74) is 3.21. The van der Waals surface area contributed by atoms with E-state index in [1.165, 1.54) is 5.56 Å². The number of methoxy groups -OCH3 is 1. The van der Waals surface area contributed by atoms with Crippen LogP contribution in [0.4, 0.5) is 23.0 Å². The maximum atomic E-state index is 5.41. The molecule has 0 saturated heterocycles. The smallest absolute Gasteiger partial charge is 0.142 e. The van der Waals surface area contributed by atoms with Gasteiger partial charge in [0.15, 0.2) is 0 Å². The highest BCUT2D eigenvalue weighted by Crippen LogP contribution is 2.29. The molecule has 1 heterocycles. The van der Waals surface area contributed by atoms with E-state index < -0.39 is 0 Å². The van der Waals surface area contributed by atoms with Crippen molar-refractivity contribution in [1.29, 1.82) is 0 Å². The molecule has 0 fully saturated rings. The zero-order valence-electron chi connectivity index (χ0n) is 15.7. The predicted molar refractivity (Wildman–Crippen MR) is 107 cm³/mol. The number of aryl methyl sites for hydroxylation is 2. The molecule has 0 bridgehead atoms. The summed E-state index contributed by atoms with van der Waals surface area (Å²) in [7, 11) is 1.66. The van der Waals surface area contributed by atoms with Gasteiger partial charge in [0.25, 0.3) is 0 Å². The lowest BCUT2D eigenvalue weighted by molar-refractivity contribution is 0.417. The molecule has 5 heteroatoms. The molecule has 0 aliphatic carbocycles. The fourth-order valence-electron chi connectivity index (χ4n) is 2.91. The van der Waals surface area contributed by atoms with E-state index in [0.717, 1.165) is 35.3 Å². The molecule has 3 rings (SSSR count). The molecule has 0 atom stereocenters. The van der Waals surface area contributed by atoms with Crippen molar-refractivity contribution in [3.05, 3.63) is 66.0 Å². The highest BCUT2D eigenvalue weighted by atomic mass is 16.5. The number of nitrogens with zero attached hydrogens (tertiary/aromatic N) is 3. The Kier molecular flexibility index (Phi) is 5.37. The van der Waals surface area contributed by atoms with Crippen molar-refractivity contribution in [2.24, 2.45) is 0 Å². The van der Waals surface area contributed by atoms with Crippen molar-refractivity contribution in [1.82, 2.24) is 9.97 Å². The van der Waals surface area contributed by atoms with Crippen LogP contribution in [0.5, 0.6) is 5.75 Å². The first-order valence-electron chi connectivity index (χ1n) is 8.70. The Bertz CT molecular complexity index is 895. The van der Waals surface area contributed by atoms with Crippen molar-refractivity contribution < 1.29 is 4.74 Å². The Morgan fingerprint density at radius 3 is 2.54 bits per heavy atom. The van der Waals surface area contributed by atoms with Crippen LogP contribution in [0, 0.1) is 13.8 Å². The van der Waals surface area contributed by atoms with Gasteiger partial charge in [-0.2, -0.15) is 0 Å². The summed E-state index contributed by atoms with van der Waals surface area (Å²) < 4.78 is 5.41. The first-order chi connectivity index (χ1) is 12.6. The van der Waals surface area contributed by atoms with Crippen molar-refractivity contribution in [2.45, 2.75) is 20.8 Å². The monoisotopic (exact) mass is 348 g/mol. The van der Waals surface area contributed by atoms with Crippen LogP contribution < -0.4 is 15.0 Å². The van der Waals surface area contributed by atoms with Gasteiger partial charge >= 0.3 is 0 Å². The molecule has 0 unspecified atom stereocenters.